The van der Waals surface area contributed by atoms with E-state index in [0.29, 0.717) is 11.8 Å². The predicted octanol–water partition coefficient (Wildman–Crippen LogP) is 0.821. The molecule has 1 aliphatic heterocycles. The fraction of sp³-hybridized carbons (Fsp3) is 1.00. The van der Waals surface area contributed by atoms with Gasteiger partial charge in [-0.1, -0.05) is 6.42 Å². The minimum atomic E-state index is -2.99. The second kappa shape index (κ2) is 4.48. The molecule has 0 bridgehead atoms. The third kappa shape index (κ3) is 4.33. The molecule has 0 aromatic heterocycles. The van der Waals surface area contributed by atoms with Gasteiger partial charge in [0.1, 0.15) is 0 Å². The number of nitrogens with one attached hydrogen (secondary N) is 1. The van der Waals surface area contributed by atoms with Crippen molar-refractivity contribution < 1.29 is 8.42 Å². The molecule has 0 aliphatic carbocycles. The molecule has 1 N–H and O–H groups in total. The molecule has 1 atom stereocenters. The van der Waals surface area contributed by atoms with E-state index in [4.69, 9.17) is 0 Å². The van der Waals surface area contributed by atoms with E-state index >= 15 is 0 Å². The van der Waals surface area contributed by atoms with E-state index in [-0.39, 0.29) is 0 Å². The Hall–Kier alpha value is 0.260. The van der Waals surface area contributed by atoms with Gasteiger partial charge >= 0.3 is 0 Å². The second-order valence-corrected chi connectivity index (χ2v) is 6.35. The molecule has 0 spiro atoms. The molecule has 72 valence electrons. The van der Waals surface area contributed by atoms with Crippen LogP contribution >= 0.6 is 11.8 Å². The monoisotopic (exact) mass is 209 g/mol. The van der Waals surface area contributed by atoms with Crippen LogP contribution in [-0.4, -0.2) is 32.2 Å². The van der Waals surface area contributed by atoms with E-state index in [1.54, 1.807) is 0 Å². The van der Waals surface area contributed by atoms with Crippen LogP contribution in [0, 0.1) is 0 Å². The summed E-state index contributed by atoms with van der Waals surface area (Å²) in [6.45, 7) is 0.601. The standard InChI is InChI=1S/C7H15NO2S2/c1-12(9,10)8-6-7-4-2-3-5-11-7/h7-8H,2-6H2,1H3. The van der Waals surface area contributed by atoms with Gasteiger partial charge in [0.15, 0.2) is 0 Å². The van der Waals surface area contributed by atoms with Crippen LogP contribution < -0.4 is 4.72 Å². The molecular weight excluding hydrogens is 194 g/mol. The van der Waals surface area contributed by atoms with E-state index in [0.717, 1.165) is 6.42 Å². The summed E-state index contributed by atoms with van der Waals surface area (Å²) >= 11 is 1.88. The largest absolute Gasteiger partial charge is 0.214 e. The molecule has 1 rings (SSSR count). The number of sulfonamides is 1. The Labute approximate surface area is 78.4 Å². The molecule has 1 unspecified atom stereocenters. The van der Waals surface area contributed by atoms with Crippen molar-refractivity contribution in [2.24, 2.45) is 0 Å². The van der Waals surface area contributed by atoms with Crippen LogP contribution in [-0.2, 0) is 10.0 Å². The van der Waals surface area contributed by atoms with Crippen molar-refractivity contribution in [2.75, 3.05) is 18.6 Å². The van der Waals surface area contributed by atoms with Crippen LogP contribution in [0.15, 0.2) is 0 Å². The van der Waals surface area contributed by atoms with Gasteiger partial charge in [0.25, 0.3) is 0 Å². The van der Waals surface area contributed by atoms with Crippen LogP contribution in [0.2, 0.25) is 0 Å². The third-order valence-corrected chi connectivity index (χ3v) is 3.94. The molecule has 1 fully saturated rings. The molecule has 1 saturated heterocycles. The van der Waals surface area contributed by atoms with Gasteiger partial charge in [0, 0.05) is 11.8 Å². The lowest BCUT2D eigenvalue weighted by molar-refractivity contribution is 0.579. The van der Waals surface area contributed by atoms with E-state index in [9.17, 15) is 8.42 Å². The van der Waals surface area contributed by atoms with Crippen molar-refractivity contribution in [3.05, 3.63) is 0 Å². The van der Waals surface area contributed by atoms with E-state index in [2.05, 4.69) is 4.72 Å². The minimum Gasteiger partial charge on any atom is -0.214 e. The lowest BCUT2D eigenvalue weighted by atomic mass is 10.2. The molecule has 1 aliphatic rings. The van der Waals surface area contributed by atoms with Gasteiger partial charge in [0.05, 0.1) is 6.26 Å². The second-order valence-electron chi connectivity index (χ2n) is 3.11. The average Bonchev–Trinajstić information content (AvgIpc) is 2.02. The van der Waals surface area contributed by atoms with Gasteiger partial charge in [-0.15, -0.1) is 0 Å². The highest BCUT2D eigenvalue weighted by Crippen LogP contribution is 2.24. The molecular formula is C7H15NO2S2. The summed E-state index contributed by atoms with van der Waals surface area (Å²) in [6, 6.07) is 0. The number of hydrogen-bond donors (Lipinski definition) is 1. The normalized spacial score (nSPS) is 25.6. The first-order valence-corrected chi connectivity index (χ1v) is 7.08. The van der Waals surface area contributed by atoms with Gasteiger partial charge in [-0.3, -0.25) is 0 Å². The van der Waals surface area contributed by atoms with Gasteiger partial charge in [-0.25, -0.2) is 13.1 Å². The lowest BCUT2D eigenvalue weighted by Crippen LogP contribution is -2.30. The first kappa shape index (κ1) is 10.3. The van der Waals surface area contributed by atoms with Gasteiger partial charge in [-0.05, 0) is 18.6 Å². The number of rotatable bonds is 3. The zero-order valence-electron chi connectivity index (χ0n) is 7.25. The molecule has 0 amide bonds. The summed E-state index contributed by atoms with van der Waals surface area (Å²) in [5, 5.41) is 0.494. The molecule has 0 aromatic rings. The molecule has 0 saturated carbocycles. The Morgan fingerprint density at radius 1 is 1.50 bits per heavy atom. The fourth-order valence-corrected chi connectivity index (χ4v) is 3.06. The van der Waals surface area contributed by atoms with Crippen LogP contribution in [0.4, 0.5) is 0 Å². The SMILES string of the molecule is CS(=O)(=O)NCC1CCCCS1. The average molecular weight is 209 g/mol. The number of thioether (sulfide) groups is 1. The highest BCUT2D eigenvalue weighted by Gasteiger charge is 2.14. The summed E-state index contributed by atoms with van der Waals surface area (Å²) in [5.74, 6) is 1.18. The fourth-order valence-electron chi connectivity index (χ4n) is 1.21. The van der Waals surface area contributed by atoms with Gasteiger partial charge in [-0.2, -0.15) is 11.8 Å². The van der Waals surface area contributed by atoms with Crippen LogP contribution in [0.25, 0.3) is 0 Å². The zero-order valence-corrected chi connectivity index (χ0v) is 8.88. The van der Waals surface area contributed by atoms with Crippen LogP contribution in [0.3, 0.4) is 0 Å². The van der Waals surface area contributed by atoms with Crippen molar-refractivity contribution in [3.63, 3.8) is 0 Å². The Bertz CT molecular complexity index is 220. The summed E-state index contributed by atoms with van der Waals surface area (Å²) in [7, 11) is -2.99. The Kier molecular flexibility index (Phi) is 3.86. The lowest BCUT2D eigenvalue weighted by Gasteiger charge is -2.20. The third-order valence-electron chi connectivity index (χ3n) is 1.85. The molecule has 5 heteroatoms. The van der Waals surface area contributed by atoms with Crippen molar-refractivity contribution >= 4 is 21.8 Å². The molecule has 1 heterocycles. The Morgan fingerprint density at radius 3 is 2.75 bits per heavy atom. The van der Waals surface area contributed by atoms with Crippen molar-refractivity contribution in [2.45, 2.75) is 24.5 Å². The first-order valence-electron chi connectivity index (χ1n) is 4.14. The summed E-state index contributed by atoms with van der Waals surface area (Å²) in [5.41, 5.74) is 0. The van der Waals surface area contributed by atoms with E-state index < -0.39 is 10.0 Å². The van der Waals surface area contributed by atoms with Gasteiger partial charge in [0.2, 0.25) is 10.0 Å². The van der Waals surface area contributed by atoms with Crippen molar-refractivity contribution in [1.82, 2.24) is 4.72 Å². The summed E-state index contributed by atoms with van der Waals surface area (Å²) in [4.78, 5) is 0. The summed E-state index contributed by atoms with van der Waals surface area (Å²) < 4.78 is 24.1. The van der Waals surface area contributed by atoms with E-state index in [1.807, 2.05) is 11.8 Å². The van der Waals surface area contributed by atoms with Crippen LogP contribution in [0.5, 0.6) is 0 Å². The van der Waals surface area contributed by atoms with Crippen LogP contribution in [0.1, 0.15) is 19.3 Å². The predicted molar refractivity (Wildman–Crippen MR) is 52.9 cm³/mol. The zero-order chi connectivity index (χ0) is 9.03. The molecule has 3 nitrogen and oxygen atoms in total. The minimum absolute atomic E-state index is 0.494. The molecule has 12 heavy (non-hydrogen) atoms. The maximum absolute atomic E-state index is 10.8. The van der Waals surface area contributed by atoms with Crippen molar-refractivity contribution in [3.8, 4) is 0 Å². The number of hydrogen-bond acceptors (Lipinski definition) is 3. The van der Waals surface area contributed by atoms with Crippen molar-refractivity contribution in [1.29, 1.82) is 0 Å². The summed E-state index contributed by atoms with van der Waals surface area (Å²) in [6.07, 6.45) is 4.87. The molecule has 0 aromatic carbocycles. The molecule has 0 radical (unpaired) electrons. The van der Waals surface area contributed by atoms with Gasteiger partial charge < -0.3 is 0 Å². The maximum Gasteiger partial charge on any atom is 0.208 e. The smallest absolute Gasteiger partial charge is 0.208 e. The van der Waals surface area contributed by atoms with E-state index in [1.165, 1.54) is 24.9 Å². The Balaban J connectivity index is 2.22. The maximum atomic E-state index is 10.8. The highest BCUT2D eigenvalue weighted by molar-refractivity contribution is 8.00. The highest BCUT2D eigenvalue weighted by atomic mass is 32.2. The quantitative estimate of drug-likeness (QED) is 0.748. The Morgan fingerprint density at radius 2 is 2.25 bits per heavy atom. The topological polar surface area (TPSA) is 46.2 Å². The first-order chi connectivity index (χ1) is 5.58.